The first kappa shape index (κ1) is 15.5. The zero-order valence-electron chi connectivity index (χ0n) is 11.5. The molecule has 110 valence electrons. The number of carbonyl (C=O) groups is 1. The zero-order valence-corrected chi connectivity index (χ0v) is 13.1. The fourth-order valence-corrected chi connectivity index (χ4v) is 2.20. The van der Waals surface area contributed by atoms with E-state index >= 15 is 0 Å². The van der Waals surface area contributed by atoms with Crippen LogP contribution in [0.5, 0.6) is 5.75 Å². The summed E-state index contributed by atoms with van der Waals surface area (Å²) in [6.07, 6.45) is 0.958. The monoisotopic (exact) mass is 351 g/mol. The maximum atomic E-state index is 12.9. The van der Waals surface area contributed by atoms with Gasteiger partial charge >= 0.3 is 0 Å². The summed E-state index contributed by atoms with van der Waals surface area (Å²) in [6, 6.07) is 11.7. The average Bonchev–Trinajstić information content (AvgIpc) is 2.48. The Hall–Kier alpha value is -1.88. The van der Waals surface area contributed by atoms with E-state index in [1.54, 1.807) is 0 Å². The molecule has 0 aliphatic heterocycles. The number of amides is 1. The fourth-order valence-electron chi connectivity index (χ4n) is 1.75. The van der Waals surface area contributed by atoms with Crippen molar-refractivity contribution in [1.29, 1.82) is 0 Å². The van der Waals surface area contributed by atoms with Crippen molar-refractivity contribution in [2.75, 3.05) is 11.9 Å². The molecular formula is C16H15BrFNO2. The minimum atomic E-state index is -0.368. The smallest absolute Gasteiger partial charge is 0.262 e. The third kappa shape index (κ3) is 4.56. The van der Waals surface area contributed by atoms with Crippen molar-refractivity contribution in [2.24, 2.45) is 0 Å². The van der Waals surface area contributed by atoms with Gasteiger partial charge in [0.05, 0.1) is 5.69 Å². The van der Waals surface area contributed by atoms with E-state index in [4.69, 9.17) is 4.74 Å². The first-order valence-corrected chi connectivity index (χ1v) is 7.34. The summed E-state index contributed by atoms with van der Waals surface area (Å²) in [5.41, 5.74) is 1.72. The number of carbonyl (C=O) groups excluding carboxylic acids is 1. The van der Waals surface area contributed by atoms with Crippen LogP contribution in [-0.2, 0) is 11.2 Å². The van der Waals surface area contributed by atoms with Crippen LogP contribution in [0.25, 0.3) is 0 Å². The van der Waals surface area contributed by atoms with Crippen LogP contribution in [0, 0.1) is 5.82 Å². The highest BCUT2D eigenvalue weighted by Gasteiger charge is 2.07. The Bertz CT molecular complexity index is 629. The van der Waals surface area contributed by atoms with Crippen LogP contribution in [0.4, 0.5) is 10.1 Å². The highest BCUT2D eigenvalue weighted by Crippen LogP contribution is 2.23. The molecule has 0 bridgehead atoms. The van der Waals surface area contributed by atoms with Gasteiger partial charge in [0.2, 0.25) is 0 Å². The lowest BCUT2D eigenvalue weighted by molar-refractivity contribution is -0.118. The SMILES string of the molecule is CCc1ccc(OCC(=O)Nc2ccc(F)cc2Br)cc1. The number of anilines is 1. The van der Waals surface area contributed by atoms with Crippen LogP contribution in [0.2, 0.25) is 0 Å². The molecule has 0 aliphatic carbocycles. The molecule has 0 fully saturated rings. The van der Waals surface area contributed by atoms with E-state index in [0.29, 0.717) is 15.9 Å². The third-order valence-electron chi connectivity index (χ3n) is 2.91. The van der Waals surface area contributed by atoms with Gasteiger partial charge in [-0.1, -0.05) is 19.1 Å². The second-order valence-corrected chi connectivity index (χ2v) is 5.31. The predicted molar refractivity (Wildman–Crippen MR) is 84.0 cm³/mol. The Morgan fingerprint density at radius 1 is 1.24 bits per heavy atom. The Morgan fingerprint density at radius 2 is 1.95 bits per heavy atom. The number of hydrogen-bond acceptors (Lipinski definition) is 2. The molecule has 0 aromatic heterocycles. The van der Waals surface area contributed by atoms with Crippen molar-refractivity contribution < 1.29 is 13.9 Å². The van der Waals surface area contributed by atoms with Crippen molar-refractivity contribution in [3.8, 4) is 5.75 Å². The van der Waals surface area contributed by atoms with Gasteiger partial charge in [-0.2, -0.15) is 0 Å². The molecule has 2 aromatic carbocycles. The van der Waals surface area contributed by atoms with Gasteiger partial charge in [-0.3, -0.25) is 4.79 Å². The van der Waals surface area contributed by atoms with Crippen LogP contribution < -0.4 is 10.1 Å². The lowest BCUT2D eigenvalue weighted by Crippen LogP contribution is -2.20. The second-order valence-electron chi connectivity index (χ2n) is 4.46. The number of halogens is 2. The lowest BCUT2D eigenvalue weighted by atomic mass is 10.2. The summed E-state index contributed by atoms with van der Waals surface area (Å²) in [4.78, 5) is 11.8. The number of benzene rings is 2. The van der Waals surface area contributed by atoms with Gasteiger partial charge in [0.25, 0.3) is 5.91 Å². The molecule has 2 aromatic rings. The van der Waals surface area contributed by atoms with Crippen LogP contribution >= 0.6 is 15.9 Å². The summed E-state index contributed by atoms with van der Waals surface area (Å²) >= 11 is 3.19. The molecule has 21 heavy (non-hydrogen) atoms. The molecule has 0 unspecified atom stereocenters. The van der Waals surface area contributed by atoms with E-state index in [1.165, 1.54) is 23.8 Å². The summed E-state index contributed by atoms with van der Waals surface area (Å²) in [5.74, 6) is -0.0328. The Morgan fingerprint density at radius 3 is 2.57 bits per heavy atom. The summed E-state index contributed by atoms with van der Waals surface area (Å²) in [5, 5.41) is 2.65. The number of rotatable bonds is 5. The normalized spacial score (nSPS) is 10.2. The maximum absolute atomic E-state index is 12.9. The molecule has 0 saturated carbocycles. The number of nitrogens with one attached hydrogen (secondary N) is 1. The number of aryl methyl sites for hydroxylation is 1. The van der Waals surface area contributed by atoms with Gasteiger partial charge in [-0.15, -0.1) is 0 Å². The van der Waals surface area contributed by atoms with Crippen molar-refractivity contribution in [3.63, 3.8) is 0 Å². The van der Waals surface area contributed by atoms with Crippen molar-refractivity contribution in [3.05, 3.63) is 58.3 Å². The summed E-state index contributed by atoms with van der Waals surface area (Å²) < 4.78 is 18.8. The van der Waals surface area contributed by atoms with Gasteiger partial charge in [0, 0.05) is 4.47 Å². The molecule has 3 nitrogen and oxygen atoms in total. The standard InChI is InChI=1S/C16H15BrFNO2/c1-2-11-3-6-13(7-4-11)21-10-16(20)19-15-8-5-12(18)9-14(15)17/h3-9H,2,10H2,1H3,(H,19,20). The molecule has 0 spiro atoms. The van der Waals surface area contributed by atoms with Crippen LogP contribution in [0.3, 0.4) is 0 Å². The summed E-state index contributed by atoms with van der Waals surface area (Å²) in [7, 11) is 0. The van der Waals surface area contributed by atoms with E-state index < -0.39 is 0 Å². The number of hydrogen-bond donors (Lipinski definition) is 1. The second kappa shape index (κ2) is 7.22. The minimum absolute atomic E-state index is 0.102. The fraction of sp³-hybridized carbons (Fsp3) is 0.188. The maximum Gasteiger partial charge on any atom is 0.262 e. The van der Waals surface area contributed by atoms with Gasteiger partial charge < -0.3 is 10.1 Å². The molecule has 2 rings (SSSR count). The lowest BCUT2D eigenvalue weighted by Gasteiger charge is -2.09. The summed E-state index contributed by atoms with van der Waals surface area (Å²) in [6.45, 7) is 1.97. The van der Waals surface area contributed by atoms with Gasteiger partial charge in [-0.25, -0.2) is 4.39 Å². The predicted octanol–water partition coefficient (Wildman–Crippen LogP) is 4.17. The first-order chi connectivity index (χ1) is 10.1. The van der Waals surface area contributed by atoms with Gasteiger partial charge in [-0.05, 0) is 58.2 Å². The van der Waals surface area contributed by atoms with Gasteiger partial charge in [0.15, 0.2) is 6.61 Å². The zero-order chi connectivity index (χ0) is 15.2. The Balaban J connectivity index is 1.89. The molecule has 0 atom stereocenters. The first-order valence-electron chi connectivity index (χ1n) is 6.55. The molecule has 0 heterocycles. The minimum Gasteiger partial charge on any atom is -0.484 e. The molecule has 1 amide bonds. The van der Waals surface area contributed by atoms with E-state index in [1.807, 2.05) is 24.3 Å². The molecule has 0 aliphatic rings. The van der Waals surface area contributed by atoms with E-state index in [-0.39, 0.29) is 18.3 Å². The van der Waals surface area contributed by atoms with Crippen LogP contribution in [0.15, 0.2) is 46.9 Å². The highest BCUT2D eigenvalue weighted by molar-refractivity contribution is 9.10. The topological polar surface area (TPSA) is 38.3 Å². The molecule has 0 radical (unpaired) electrons. The molecule has 1 N–H and O–H groups in total. The molecule has 0 saturated heterocycles. The van der Waals surface area contributed by atoms with Crippen LogP contribution in [0.1, 0.15) is 12.5 Å². The van der Waals surface area contributed by atoms with E-state index in [2.05, 4.69) is 28.2 Å². The Kier molecular flexibility index (Phi) is 5.33. The Labute approximate surface area is 131 Å². The van der Waals surface area contributed by atoms with Crippen LogP contribution in [-0.4, -0.2) is 12.5 Å². The third-order valence-corrected chi connectivity index (χ3v) is 3.56. The van der Waals surface area contributed by atoms with E-state index in [0.717, 1.165) is 6.42 Å². The number of ether oxygens (including phenoxy) is 1. The average molecular weight is 352 g/mol. The quantitative estimate of drug-likeness (QED) is 0.877. The highest BCUT2D eigenvalue weighted by atomic mass is 79.9. The van der Waals surface area contributed by atoms with Crippen molar-refractivity contribution in [1.82, 2.24) is 0 Å². The molecule has 5 heteroatoms. The van der Waals surface area contributed by atoms with Crippen molar-refractivity contribution >= 4 is 27.5 Å². The van der Waals surface area contributed by atoms with Gasteiger partial charge in [0.1, 0.15) is 11.6 Å². The largest absolute Gasteiger partial charge is 0.484 e. The molecular weight excluding hydrogens is 337 g/mol. The van der Waals surface area contributed by atoms with Crippen molar-refractivity contribution in [2.45, 2.75) is 13.3 Å². The van der Waals surface area contributed by atoms with E-state index in [9.17, 15) is 9.18 Å².